The van der Waals surface area contributed by atoms with Crippen molar-refractivity contribution < 1.29 is 22.7 Å². The van der Waals surface area contributed by atoms with Gasteiger partial charge in [-0.3, -0.25) is 9.69 Å². The molecule has 1 aliphatic heterocycles. The summed E-state index contributed by atoms with van der Waals surface area (Å²) in [5.41, 5.74) is 2.59. The molecule has 0 radical (unpaired) electrons. The van der Waals surface area contributed by atoms with E-state index in [4.69, 9.17) is 9.72 Å². The first kappa shape index (κ1) is 22.0. The number of esters is 1. The van der Waals surface area contributed by atoms with Crippen molar-refractivity contribution in [2.75, 3.05) is 20.2 Å². The number of carbonyl (C=O) groups excluding carboxylic acids is 1. The molecule has 3 aliphatic rings. The molecule has 6 rings (SSSR count). The normalized spacial score (nSPS) is 21.8. The van der Waals surface area contributed by atoms with E-state index in [1.807, 2.05) is 18.2 Å². The number of pyridine rings is 1. The van der Waals surface area contributed by atoms with Gasteiger partial charge in [0.25, 0.3) is 0 Å². The largest absolute Gasteiger partial charge is 0.469 e. The van der Waals surface area contributed by atoms with Gasteiger partial charge in [-0.05, 0) is 48.6 Å². The van der Waals surface area contributed by atoms with E-state index in [1.54, 1.807) is 6.07 Å². The summed E-state index contributed by atoms with van der Waals surface area (Å²) in [7, 11) is 1.39. The predicted molar refractivity (Wildman–Crippen MR) is 122 cm³/mol. The number of fused-ring (bicyclic) bond motifs is 1. The monoisotopic (exact) mass is 487 g/mol. The smallest absolute Gasteiger partial charge is 0.311 e. The molecule has 3 heterocycles. The van der Waals surface area contributed by atoms with E-state index >= 15 is 0 Å². The van der Waals surface area contributed by atoms with Gasteiger partial charge in [-0.1, -0.05) is 17.4 Å². The number of rotatable bonds is 6. The summed E-state index contributed by atoms with van der Waals surface area (Å²) in [6, 6.07) is 8.91. The van der Waals surface area contributed by atoms with Gasteiger partial charge in [-0.2, -0.15) is 0 Å². The summed E-state index contributed by atoms with van der Waals surface area (Å²) in [5.74, 6) is -3.21. The zero-order valence-electron chi connectivity index (χ0n) is 18.7. The van der Waals surface area contributed by atoms with E-state index in [0.717, 1.165) is 24.1 Å². The molecule has 9 heteroatoms. The van der Waals surface area contributed by atoms with Crippen molar-refractivity contribution in [3.05, 3.63) is 47.4 Å². The summed E-state index contributed by atoms with van der Waals surface area (Å²) in [6.45, 7) is 1.79. The highest BCUT2D eigenvalue weighted by molar-refractivity contribution is 7.21. The van der Waals surface area contributed by atoms with E-state index in [0.29, 0.717) is 40.6 Å². The molecule has 0 unspecified atom stereocenters. The molecule has 3 aromatic rings. The molecule has 1 saturated heterocycles. The molecule has 5 nitrogen and oxygen atoms in total. The molecule has 0 atom stereocenters. The van der Waals surface area contributed by atoms with Crippen molar-refractivity contribution in [2.45, 2.75) is 43.6 Å². The van der Waals surface area contributed by atoms with Crippen LogP contribution in [0, 0.1) is 17.7 Å². The second-order valence-electron chi connectivity index (χ2n) is 9.89. The first-order chi connectivity index (χ1) is 16.3. The van der Waals surface area contributed by atoms with E-state index < -0.39 is 5.92 Å². The number of hydrogen-bond acceptors (Lipinski definition) is 6. The third-order valence-electron chi connectivity index (χ3n) is 7.59. The molecule has 2 saturated carbocycles. The number of carbonyl (C=O) groups is 1. The minimum absolute atomic E-state index is 0.0147. The minimum Gasteiger partial charge on any atom is -0.469 e. The van der Waals surface area contributed by atoms with Crippen molar-refractivity contribution in [1.29, 1.82) is 0 Å². The van der Waals surface area contributed by atoms with Gasteiger partial charge >= 0.3 is 5.97 Å². The lowest BCUT2D eigenvalue weighted by atomic mass is 9.69. The lowest BCUT2D eigenvalue weighted by Gasteiger charge is -2.40. The van der Waals surface area contributed by atoms with Crippen LogP contribution in [0.5, 0.6) is 0 Å². The molecule has 0 spiro atoms. The van der Waals surface area contributed by atoms with Crippen LogP contribution in [0.2, 0.25) is 0 Å². The standard InChI is InChI=1S/C25H24F3N3O2S/c1-33-23(32)15-12-31(13-15)11-14-2-3-17(18(26)8-14)21-29-19-4-5-20(30-22(19)34-21)24(6-7-24)16-9-25(27,28)10-16/h2-5,8,15-16H,6-7,9-13H2,1H3. The van der Waals surface area contributed by atoms with E-state index in [1.165, 1.54) is 24.5 Å². The van der Waals surface area contributed by atoms with Gasteiger partial charge in [0.15, 0.2) is 0 Å². The highest BCUT2D eigenvalue weighted by Crippen LogP contribution is 2.63. The van der Waals surface area contributed by atoms with E-state index in [9.17, 15) is 18.0 Å². The Balaban J connectivity index is 1.19. The van der Waals surface area contributed by atoms with Crippen LogP contribution in [0.25, 0.3) is 20.9 Å². The molecule has 2 aliphatic carbocycles. The first-order valence-electron chi connectivity index (χ1n) is 11.5. The predicted octanol–water partition coefficient (Wildman–Crippen LogP) is 5.18. The Morgan fingerprint density at radius 3 is 2.59 bits per heavy atom. The highest BCUT2D eigenvalue weighted by Gasteiger charge is 2.61. The number of methoxy groups -OCH3 is 1. The number of halogens is 3. The number of thiazole rings is 1. The third kappa shape index (κ3) is 3.69. The molecular formula is C25H24F3N3O2S. The molecule has 0 amide bonds. The molecule has 178 valence electrons. The number of nitrogens with zero attached hydrogens (tertiary/aromatic N) is 3. The van der Waals surface area contributed by atoms with Crippen LogP contribution in [0.3, 0.4) is 0 Å². The Morgan fingerprint density at radius 1 is 1.18 bits per heavy atom. The zero-order chi connectivity index (χ0) is 23.7. The average Bonchev–Trinajstić information content (AvgIpc) is 3.46. The summed E-state index contributed by atoms with van der Waals surface area (Å²) in [4.78, 5) is 23.7. The maximum atomic E-state index is 15.0. The van der Waals surface area contributed by atoms with Gasteiger partial charge in [0.05, 0.1) is 13.0 Å². The summed E-state index contributed by atoms with van der Waals surface area (Å²) in [6.07, 6.45) is 1.68. The van der Waals surface area contributed by atoms with Crippen LogP contribution in [-0.2, 0) is 21.5 Å². The van der Waals surface area contributed by atoms with Crippen LogP contribution in [0.15, 0.2) is 30.3 Å². The zero-order valence-corrected chi connectivity index (χ0v) is 19.5. The van der Waals surface area contributed by atoms with Gasteiger partial charge < -0.3 is 4.74 Å². The number of hydrogen-bond donors (Lipinski definition) is 0. The summed E-state index contributed by atoms with van der Waals surface area (Å²) < 4.78 is 46.6. The molecule has 34 heavy (non-hydrogen) atoms. The van der Waals surface area contributed by atoms with Crippen molar-refractivity contribution >= 4 is 27.7 Å². The van der Waals surface area contributed by atoms with Crippen LogP contribution >= 0.6 is 11.3 Å². The Kier molecular flexibility index (Phi) is 5.01. The fourth-order valence-electron chi connectivity index (χ4n) is 5.37. The third-order valence-corrected chi connectivity index (χ3v) is 8.59. The Morgan fingerprint density at radius 2 is 1.94 bits per heavy atom. The summed E-state index contributed by atoms with van der Waals surface area (Å²) in [5, 5.41) is 0.554. The van der Waals surface area contributed by atoms with Crippen LogP contribution < -0.4 is 0 Å². The lowest BCUT2D eigenvalue weighted by molar-refractivity contribution is -0.151. The lowest BCUT2D eigenvalue weighted by Crippen LogP contribution is -2.49. The first-order valence-corrected chi connectivity index (χ1v) is 12.3. The maximum Gasteiger partial charge on any atom is 0.311 e. The average molecular weight is 488 g/mol. The fourth-order valence-corrected chi connectivity index (χ4v) is 6.34. The molecule has 3 fully saturated rings. The minimum atomic E-state index is -2.54. The summed E-state index contributed by atoms with van der Waals surface area (Å²) >= 11 is 1.33. The van der Waals surface area contributed by atoms with Crippen molar-refractivity contribution in [3.8, 4) is 10.6 Å². The molecule has 1 aromatic carbocycles. The van der Waals surface area contributed by atoms with Gasteiger partial charge in [-0.15, -0.1) is 0 Å². The highest BCUT2D eigenvalue weighted by atomic mass is 32.1. The van der Waals surface area contributed by atoms with Crippen molar-refractivity contribution in [2.24, 2.45) is 11.8 Å². The van der Waals surface area contributed by atoms with Crippen LogP contribution in [0.1, 0.15) is 36.9 Å². The quantitative estimate of drug-likeness (QED) is 0.449. The Hall–Kier alpha value is -2.52. The van der Waals surface area contributed by atoms with E-state index in [-0.39, 0.29) is 41.9 Å². The van der Waals surface area contributed by atoms with Gasteiger partial charge in [0.1, 0.15) is 21.2 Å². The molecule has 2 aromatic heterocycles. The molecule has 0 N–H and O–H groups in total. The Labute approximate surface area is 199 Å². The second-order valence-corrected chi connectivity index (χ2v) is 10.9. The number of aromatic nitrogens is 2. The fraction of sp³-hybridized carbons (Fsp3) is 0.480. The van der Waals surface area contributed by atoms with Crippen molar-refractivity contribution in [3.63, 3.8) is 0 Å². The van der Waals surface area contributed by atoms with E-state index in [2.05, 4.69) is 9.88 Å². The van der Waals surface area contributed by atoms with Gasteiger partial charge in [0.2, 0.25) is 5.92 Å². The molecular weight excluding hydrogens is 463 g/mol. The topological polar surface area (TPSA) is 55.3 Å². The maximum absolute atomic E-state index is 15.0. The van der Waals surface area contributed by atoms with Crippen LogP contribution in [0.4, 0.5) is 13.2 Å². The SMILES string of the molecule is COC(=O)C1CN(Cc2ccc(-c3nc4ccc(C5(C6CC(F)(F)C6)CC5)nc4s3)c(F)c2)C1. The molecule has 0 bridgehead atoms. The number of likely N-dealkylation sites (tertiary alicyclic amines) is 1. The number of benzene rings is 1. The number of ether oxygens (including phenoxy) is 1. The Bertz CT molecular complexity index is 1280. The number of alkyl halides is 2. The van der Waals surface area contributed by atoms with Crippen LogP contribution in [-0.4, -0.2) is 47.0 Å². The van der Waals surface area contributed by atoms with Crippen molar-refractivity contribution in [1.82, 2.24) is 14.9 Å². The van der Waals surface area contributed by atoms with Gasteiger partial charge in [-0.25, -0.2) is 23.1 Å². The second kappa shape index (κ2) is 7.75. The van der Waals surface area contributed by atoms with Gasteiger partial charge in [0, 0.05) is 49.1 Å².